The Bertz CT molecular complexity index is 583. The molecule has 20 heavy (non-hydrogen) atoms. The summed E-state index contributed by atoms with van der Waals surface area (Å²) in [6, 6.07) is 12.5. The lowest BCUT2D eigenvalue weighted by atomic mass is 9.97. The molecule has 0 amide bonds. The van der Waals surface area contributed by atoms with E-state index in [0.717, 1.165) is 18.4 Å². The summed E-state index contributed by atoms with van der Waals surface area (Å²) in [6.07, 6.45) is 1.62. The maximum Gasteiger partial charge on any atom is 0.123 e. The molecular formula is C17H20FNO. The minimum Gasteiger partial charge on any atom is -0.496 e. The lowest BCUT2D eigenvalue weighted by molar-refractivity contribution is 0.402. The maximum atomic E-state index is 13.4. The second-order valence-corrected chi connectivity index (χ2v) is 4.96. The summed E-state index contributed by atoms with van der Waals surface area (Å²) in [5.74, 6) is 0.357. The summed E-state index contributed by atoms with van der Waals surface area (Å²) in [6.45, 7) is 2.09. The van der Waals surface area contributed by atoms with Gasteiger partial charge in [0.1, 0.15) is 11.6 Å². The monoisotopic (exact) mass is 273 g/mol. The first kappa shape index (κ1) is 14.5. The Hall–Kier alpha value is -1.87. The van der Waals surface area contributed by atoms with Crippen molar-refractivity contribution in [2.24, 2.45) is 5.73 Å². The first-order valence-corrected chi connectivity index (χ1v) is 6.75. The van der Waals surface area contributed by atoms with E-state index in [0.29, 0.717) is 5.75 Å². The first-order valence-electron chi connectivity index (χ1n) is 6.75. The SMILES string of the molecule is COc1ccc(F)cc1C(N)CCc1ccccc1C. The average Bonchev–Trinajstić information content (AvgIpc) is 2.46. The van der Waals surface area contributed by atoms with Crippen LogP contribution in [-0.2, 0) is 6.42 Å². The van der Waals surface area contributed by atoms with Gasteiger partial charge in [0.2, 0.25) is 0 Å². The van der Waals surface area contributed by atoms with Crippen LogP contribution in [0.15, 0.2) is 42.5 Å². The third-order valence-corrected chi connectivity index (χ3v) is 3.58. The van der Waals surface area contributed by atoms with Gasteiger partial charge in [-0.15, -0.1) is 0 Å². The molecule has 0 heterocycles. The molecule has 0 radical (unpaired) electrons. The molecule has 2 rings (SSSR count). The van der Waals surface area contributed by atoms with Crippen LogP contribution in [0.1, 0.15) is 29.2 Å². The van der Waals surface area contributed by atoms with Crippen molar-refractivity contribution in [3.8, 4) is 5.75 Å². The predicted molar refractivity (Wildman–Crippen MR) is 79.4 cm³/mol. The van der Waals surface area contributed by atoms with E-state index in [4.69, 9.17) is 10.5 Å². The van der Waals surface area contributed by atoms with Crippen LogP contribution >= 0.6 is 0 Å². The van der Waals surface area contributed by atoms with Crippen molar-refractivity contribution in [1.29, 1.82) is 0 Å². The molecule has 2 N–H and O–H groups in total. The van der Waals surface area contributed by atoms with Crippen molar-refractivity contribution in [2.45, 2.75) is 25.8 Å². The fourth-order valence-electron chi connectivity index (χ4n) is 2.35. The van der Waals surface area contributed by atoms with Gasteiger partial charge in [0.25, 0.3) is 0 Å². The number of aryl methyl sites for hydroxylation is 2. The number of halogens is 1. The van der Waals surface area contributed by atoms with Crippen LogP contribution < -0.4 is 10.5 Å². The van der Waals surface area contributed by atoms with Gasteiger partial charge in [-0.3, -0.25) is 0 Å². The van der Waals surface area contributed by atoms with Crippen LogP contribution in [0.4, 0.5) is 4.39 Å². The smallest absolute Gasteiger partial charge is 0.123 e. The number of ether oxygens (including phenoxy) is 1. The van der Waals surface area contributed by atoms with Gasteiger partial charge < -0.3 is 10.5 Å². The quantitative estimate of drug-likeness (QED) is 0.900. The molecule has 0 spiro atoms. The van der Waals surface area contributed by atoms with Crippen molar-refractivity contribution in [1.82, 2.24) is 0 Å². The highest BCUT2D eigenvalue weighted by molar-refractivity contribution is 5.36. The highest BCUT2D eigenvalue weighted by Crippen LogP contribution is 2.27. The molecule has 106 valence electrons. The molecule has 0 aromatic heterocycles. The Morgan fingerprint density at radius 2 is 1.95 bits per heavy atom. The fourth-order valence-corrected chi connectivity index (χ4v) is 2.35. The maximum absolute atomic E-state index is 13.4. The molecule has 0 bridgehead atoms. The van der Waals surface area contributed by atoms with Crippen LogP contribution in [-0.4, -0.2) is 7.11 Å². The summed E-state index contributed by atoms with van der Waals surface area (Å²) in [5, 5.41) is 0. The molecule has 0 aliphatic carbocycles. The second-order valence-electron chi connectivity index (χ2n) is 4.96. The molecule has 0 fully saturated rings. The molecule has 2 aromatic carbocycles. The number of benzene rings is 2. The standard InChI is InChI=1S/C17H20FNO/c1-12-5-3-4-6-13(12)7-9-16(19)15-11-14(18)8-10-17(15)20-2/h3-6,8,10-11,16H,7,9,19H2,1-2H3. The Kier molecular flexibility index (Phi) is 4.74. The zero-order chi connectivity index (χ0) is 14.5. The summed E-state index contributed by atoms with van der Waals surface area (Å²) in [7, 11) is 1.57. The van der Waals surface area contributed by atoms with E-state index in [9.17, 15) is 4.39 Å². The van der Waals surface area contributed by atoms with E-state index in [1.54, 1.807) is 13.2 Å². The van der Waals surface area contributed by atoms with Crippen molar-refractivity contribution in [3.05, 3.63) is 65.0 Å². The molecule has 1 unspecified atom stereocenters. The predicted octanol–water partition coefficient (Wildman–Crippen LogP) is 3.78. The topological polar surface area (TPSA) is 35.2 Å². The Morgan fingerprint density at radius 3 is 2.65 bits per heavy atom. The van der Waals surface area contributed by atoms with Gasteiger partial charge in [0, 0.05) is 11.6 Å². The van der Waals surface area contributed by atoms with Gasteiger partial charge in [-0.05, 0) is 49.1 Å². The molecular weight excluding hydrogens is 253 g/mol. The van der Waals surface area contributed by atoms with Crippen LogP contribution in [0.5, 0.6) is 5.75 Å². The number of nitrogens with two attached hydrogens (primary N) is 1. The number of methoxy groups -OCH3 is 1. The fraction of sp³-hybridized carbons (Fsp3) is 0.294. The number of rotatable bonds is 5. The van der Waals surface area contributed by atoms with Crippen LogP contribution in [0.3, 0.4) is 0 Å². The van der Waals surface area contributed by atoms with Crippen LogP contribution in [0, 0.1) is 12.7 Å². The van der Waals surface area contributed by atoms with E-state index in [2.05, 4.69) is 19.1 Å². The molecule has 2 nitrogen and oxygen atoms in total. The Balaban J connectivity index is 2.11. The zero-order valence-electron chi connectivity index (χ0n) is 11.9. The minimum atomic E-state index is -0.285. The normalized spacial score (nSPS) is 12.2. The average molecular weight is 273 g/mol. The summed E-state index contributed by atoms with van der Waals surface area (Å²) >= 11 is 0. The van der Waals surface area contributed by atoms with E-state index in [1.807, 2.05) is 12.1 Å². The molecule has 0 saturated heterocycles. The lowest BCUT2D eigenvalue weighted by Gasteiger charge is -2.16. The van der Waals surface area contributed by atoms with Gasteiger partial charge in [-0.2, -0.15) is 0 Å². The van der Waals surface area contributed by atoms with Crippen molar-refractivity contribution in [3.63, 3.8) is 0 Å². The molecule has 0 aliphatic heterocycles. The third kappa shape index (κ3) is 3.36. The summed E-state index contributed by atoms with van der Waals surface area (Å²) in [4.78, 5) is 0. The second kappa shape index (κ2) is 6.53. The minimum absolute atomic E-state index is 0.236. The summed E-state index contributed by atoms with van der Waals surface area (Å²) in [5.41, 5.74) is 9.45. The Labute approximate surface area is 119 Å². The van der Waals surface area contributed by atoms with Crippen LogP contribution in [0.2, 0.25) is 0 Å². The van der Waals surface area contributed by atoms with E-state index < -0.39 is 0 Å². The number of hydrogen-bond donors (Lipinski definition) is 1. The van der Waals surface area contributed by atoms with E-state index in [-0.39, 0.29) is 11.9 Å². The van der Waals surface area contributed by atoms with Crippen molar-refractivity contribution in [2.75, 3.05) is 7.11 Å². The molecule has 2 aromatic rings. The molecule has 1 atom stereocenters. The number of hydrogen-bond acceptors (Lipinski definition) is 2. The highest BCUT2D eigenvalue weighted by Gasteiger charge is 2.13. The van der Waals surface area contributed by atoms with Crippen molar-refractivity contribution >= 4 is 0 Å². The highest BCUT2D eigenvalue weighted by atomic mass is 19.1. The molecule has 3 heteroatoms. The van der Waals surface area contributed by atoms with Crippen molar-refractivity contribution < 1.29 is 9.13 Å². The van der Waals surface area contributed by atoms with Gasteiger partial charge in [-0.25, -0.2) is 4.39 Å². The zero-order valence-corrected chi connectivity index (χ0v) is 11.9. The molecule has 0 saturated carbocycles. The van der Waals surface area contributed by atoms with Gasteiger partial charge in [0.15, 0.2) is 0 Å². The third-order valence-electron chi connectivity index (χ3n) is 3.58. The van der Waals surface area contributed by atoms with Gasteiger partial charge >= 0.3 is 0 Å². The van der Waals surface area contributed by atoms with E-state index >= 15 is 0 Å². The molecule has 0 aliphatic rings. The lowest BCUT2D eigenvalue weighted by Crippen LogP contribution is -2.13. The Morgan fingerprint density at radius 1 is 1.20 bits per heavy atom. The first-order chi connectivity index (χ1) is 9.61. The summed E-state index contributed by atoms with van der Waals surface area (Å²) < 4.78 is 18.6. The van der Waals surface area contributed by atoms with E-state index in [1.165, 1.54) is 23.3 Å². The van der Waals surface area contributed by atoms with Gasteiger partial charge in [0.05, 0.1) is 7.11 Å². The van der Waals surface area contributed by atoms with Crippen LogP contribution in [0.25, 0.3) is 0 Å². The van der Waals surface area contributed by atoms with Gasteiger partial charge in [-0.1, -0.05) is 24.3 Å². The largest absolute Gasteiger partial charge is 0.496 e.